The van der Waals surface area contributed by atoms with Gasteiger partial charge in [-0.05, 0) is 35.7 Å². The number of fused-ring (bicyclic) bond motifs is 1. The van der Waals surface area contributed by atoms with Crippen LogP contribution in [0.4, 0.5) is 8.78 Å². The molecule has 5 nitrogen and oxygen atoms in total. The topological polar surface area (TPSA) is 57.7 Å². The molecule has 2 aliphatic rings. The zero-order valence-corrected chi connectivity index (χ0v) is 15.9. The molecule has 148 valence electrons. The van der Waals surface area contributed by atoms with E-state index in [0.717, 1.165) is 27.6 Å². The summed E-state index contributed by atoms with van der Waals surface area (Å²) in [5.41, 5.74) is 2.17. The summed E-state index contributed by atoms with van der Waals surface area (Å²) in [5.74, 6) is -1.11. The van der Waals surface area contributed by atoms with E-state index in [1.807, 2.05) is 24.3 Å². The van der Waals surface area contributed by atoms with E-state index >= 15 is 0 Å². The second-order valence-corrected chi connectivity index (χ2v) is 9.05. The summed E-state index contributed by atoms with van der Waals surface area (Å²) in [6.45, 7) is 0.424. The van der Waals surface area contributed by atoms with Crippen molar-refractivity contribution in [3.63, 3.8) is 0 Å². The molecule has 1 saturated heterocycles. The van der Waals surface area contributed by atoms with Crippen LogP contribution in [0.5, 0.6) is 0 Å². The zero-order chi connectivity index (χ0) is 19.9. The van der Waals surface area contributed by atoms with Crippen LogP contribution in [-0.2, 0) is 27.8 Å². The minimum atomic E-state index is -4.18. The number of rotatable bonds is 3. The number of carbonyl (C=O) groups excluding carboxylic acids is 1. The van der Waals surface area contributed by atoms with Crippen molar-refractivity contribution in [2.45, 2.75) is 36.5 Å². The van der Waals surface area contributed by atoms with E-state index in [-0.39, 0.29) is 11.3 Å². The molecular weight excluding hydrogens is 386 g/mol. The lowest BCUT2D eigenvalue weighted by Crippen LogP contribution is -2.49. The first kappa shape index (κ1) is 19.0. The van der Waals surface area contributed by atoms with Crippen LogP contribution in [0, 0.1) is 5.82 Å². The third-order valence-corrected chi connectivity index (χ3v) is 7.21. The van der Waals surface area contributed by atoms with Crippen LogP contribution in [0.15, 0.2) is 53.4 Å². The molecule has 0 aliphatic carbocycles. The predicted molar refractivity (Wildman–Crippen MR) is 99.2 cm³/mol. The standard InChI is InChI=1S/C20H20F2N2O3S/c21-16-6-3-7-18(10-16)28(26,27)24-13-17(22)11-19(24)20(25)23-9-8-14-4-1-2-5-15(14)12-23/h1-7,10,17,19H,8-9,11-13H2/t17-,19-/m0/s1. The largest absolute Gasteiger partial charge is 0.337 e. The van der Waals surface area contributed by atoms with Crippen LogP contribution in [-0.4, -0.2) is 48.8 Å². The fraction of sp³-hybridized carbons (Fsp3) is 0.350. The van der Waals surface area contributed by atoms with Gasteiger partial charge in [-0.2, -0.15) is 4.31 Å². The quantitative estimate of drug-likeness (QED) is 0.787. The molecule has 4 rings (SSSR count). The van der Waals surface area contributed by atoms with Crippen LogP contribution < -0.4 is 0 Å². The zero-order valence-electron chi connectivity index (χ0n) is 15.1. The average Bonchev–Trinajstić information content (AvgIpc) is 3.09. The molecule has 0 bridgehead atoms. The van der Waals surface area contributed by atoms with Gasteiger partial charge in [0.2, 0.25) is 15.9 Å². The molecular formula is C20H20F2N2O3S. The maximum Gasteiger partial charge on any atom is 0.244 e. The summed E-state index contributed by atoms with van der Waals surface area (Å²) in [6.07, 6.45) is -0.954. The molecule has 2 aromatic carbocycles. The second kappa shape index (κ2) is 7.25. The molecule has 0 saturated carbocycles. The van der Waals surface area contributed by atoms with Gasteiger partial charge in [0.15, 0.2) is 0 Å². The number of halogens is 2. The molecule has 2 atom stereocenters. The van der Waals surface area contributed by atoms with Crippen LogP contribution in [0.3, 0.4) is 0 Å². The number of hydrogen-bond donors (Lipinski definition) is 0. The second-order valence-electron chi connectivity index (χ2n) is 7.16. The van der Waals surface area contributed by atoms with E-state index in [4.69, 9.17) is 0 Å². The maximum absolute atomic E-state index is 14.2. The first-order chi connectivity index (χ1) is 13.4. The number of sulfonamides is 1. The van der Waals surface area contributed by atoms with Gasteiger partial charge >= 0.3 is 0 Å². The fourth-order valence-electron chi connectivity index (χ4n) is 3.90. The first-order valence-corrected chi connectivity index (χ1v) is 10.6. The summed E-state index contributed by atoms with van der Waals surface area (Å²) in [7, 11) is -4.18. The Hall–Kier alpha value is -2.32. The van der Waals surface area contributed by atoms with Gasteiger partial charge in [0.1, 0.15) is 18.0 Å². The SMILES string of the molecule is O=C([C@@H]1C[C@H](F)CN1S(=O)(=O)c1cccc(F)c1)N1CCc2ccccc2C1. The Bertz CT molecular complexity index is 1010. The van der Waals surface area contributed by atoms with Gasteiger partial charge in [-0.1, -0.05) is 30.3 Å². The van der Waals surface area contributed by atoms with Crippen LogP contribution in [0.1, 0.15) is 17.5 Å². The Balaban J connectivity index is 1.60. The summed E-state index contributed by atoms with van der Waals surface area (Å²) >= 11 is 0. The van der Waals surface area contributed by atoms with E-state index < -0.39 is 40.5 Å². The number of carbonyl (C=O) groups is 1. The molecule has 2 heterocycles. The summed E-state index contributed by atoms with van der Waals surface area (Å²) in [4.78, 5) is 14.4. The molecule has 1 fully saturated rings. The van der Waals surface area contributed by atoms with Crippen LogP contribution >= 0.6 is 0 Å². The molecule has 28 heavy (non-hydrogen) atoms. The molecule has 0 unspecified atom stereocenters. The Kier molecular flexibility index (Phi) is 4.93. The molecule has 0 aromatic heterocycles. The third kappa shape index (κ3) is 3.42. The van der Waals surface area contributed by atoms with Gasteiger partial charge in [-0.3, -0.25) is 4.79 Å². The van der Waals surface area contributed by atoms with Crippen LogP contribution in [0.25, 0.3) is 0 Å². The highest BCUT2D eigenvalue weighted by Gasteiger charge is 2.45. The lowest BCUT2D eigenvalue weighted by atomic mass is 9.99. The minimum Gasteiger partial charge on any atom is -0.337 e. The van der Waals surface area contributed by atoms with Gasteiger partial charge in [0.25, 0.3) is 0 Å². The Morgan fingerprint density at radius 3 is 2.57 bits per heavy atom. The van der Waals surface area contributed by atoms with Gasteiger partial charge in [0, 0.05) is 26.1 Å². The highest BCUT2D eigenvalue weighted by molar-refractivity contribution is 7.89. The van der Waals surface area contributed by atoms with E-state index in [0.29, 0.717) is 19.5 Å². The van der Waals surface area contributed by atoms with Crippen molar-refractivity contribution in [1.29, 1.82) is 0 Å². The Morgan fingerprint density at radius 1 is 1.07 bits per heavy atom. The van der Waals surface area contributed by atoms with Crippen molar-refractivity contribution in [3.05, 3.63) is 65.5 Å². The van der Waals surface area contributed by atoms with Gasteiger partial charge in [-0.25, -0.2) is 17.2 Å². The summed E-state index contributed by atoms with van der Waals surface area (Å²) in [5, 5.41) is 0. The highest BCUT2D eigenvalue weighted by Crippen LogP contribution is 2.30. The first-order valence-electron chi connectivity index (χ1n) is 9.13. The van der Waals surface area contributed by atoms with Crippen molar-refractivity contribution in [2.75, 3.05) is 13.1 Å². The van der Waals surface area contributed by atoms with E-state index in [9.17, 15) is 22.0 Å². The average molecular weight is 406 g/mol. The number of amides is 1. The van der Waals surface area contributed by atoms with E-state index in [1.165, 1.54) is 12.1 Å². The molecule has 2 aliphatic heterocycles. The molecule has 0 N–H and O–H groups in total. The van der Waals surface area contributed by atoms with Crippen molar-refractivity contribution in [2.24, 2.45) is 0 Å². The van der Waals surface area contributed by atoms with Gasteiger partial charge in [0.05, 0.1) is 4.90 Å². The normalized spacial score (nSPS) is 22.9. The number of hydrogen-bond acceptors (Lipinski definition) is 3. The highest BCUT2D eigenvalue weighted by atomic mass is 32.2. The molecule has 2 aromatic rings. The van der Waals surface area contributed by atoms with Gasteiger partial charge < -0.3 is 4.90 Å². The molecule has 0 radical (unpaired) electrons. The number of nitrogens with zero attached hydrogens (tertiary/aromatic N) is 2. The van der Waals surface area contributed by atoms with Crippen molar-refractivity contribution in [3.8, 4) is 0 Å². The van der Waals surface area contributed by atoms with E-state index in [1.54, 1.807) is 4.90 Å². The van der Waals surface area contributed by atoms with Crippen molar-refractivity contribution in [1.82, 2.24) is 9.21 Å². The third-order valence-electron chi connectivity index (χ3n) is 5.33. The molecule has 1 amide bonds. The van der Waals surface area contributed by atoms with Crippen molar-refractivity contribution >= 4 is 15.9 Å². The fourth-order valence-corrected chi connectivity index (χ4v) is 5.56. The van der Waals surface area contributed by atoms with Crippen molar-refractivity contribution < 1.29 is 22.0 Å². The predicted octanol–water partition coefficient (Wildman–Crippen LogP) is 2.51. The Morgan fingerprint density at radius 2 is 1.82 bits per heavy atom. The number of alkyl halides is 1. The van der Waals surface area contributed by atoms with Crippen LogP contribution in [0.2, 0.25) is 0 Å². The summed E-state index contributed by atoms with van der Waals surface area (Å²) < 4.78 is 54.5. The Labute approximate surface area is 162 Å². The van der Waals surface area contributed by atoms with Gasteiger partial charge in [-0.15, -0.1) is 0 Å². The number of benzene rings is 2. The maximum atomic E-state index is 14.2. The summed E-state index contributed by atoms with van der Waals surface area (Å²) in [6, 6.07) is 11.2. The smallest absolute Gasteiger partial charge is 0.244 e. The molecule has 8 heteroatoms. The molecule has 0 spiro atoms. The van der Waals surface area contributed by atoms with E-state index in [2.05, 4.69) is 0 Å². The minimum absolute atomic E-state index is 0.189. The lowest BCUT2D eigenvalue weighted by Gasteiger charge is -2.33. The lowest BCUT2D eigenvalue weighted by molar-refractivity contribution is -0.135. The monoisotopic (exact) mass is 406 g/mol.